The summed E-state index contributed by atoms with van der Waals surface area (Å²) < 4.78 is 38.9. The second-order valence-corrected chi connectivity index (χ2v) is 19.9. The fourth-order valence-corrected chi connectivity index (χ4v) is 10.9. The van der Waals surface area contributed by atoms with Gasteiger partial charge in [0, 0.05) is 76.2 Å². The highest BCUT2D eigenvalue weighted by Crippen LogP contribution is 2.40. The summed E-state index contributed by atoms with van der Waals surface area (Å²) in [4.78, 5) is 58.5. The molecule has 15 heteroatoms. The summed E-state index contributed by atoms with van der Waals surface area (Å²) in [5.74, 6) is -7.81. The van der Waals surface area contributed by atoms with E-state index in [4.69, 9.17) is 28.4 Å². The Morgan fingerprint density at radius 3 is 2.30 bits per heavy atom. The average molecular weight is 937 g/mol. The van der Waals surface area contributed by atoms with E-state index in [-0.39, 0.29) is 56.1 Å². The summed E-state index contributed by atoms with van der Waals surface area (Å²) in [6.07, 6.45) is 3.56. The smallest absolute Gasteiger partial charge is 0.329 e. The molecule has 3 N–H and O–H groups in total. The number of allylic oxidation sites excluding steroid dienone is 2. The zero-order valence-electron chi connectivity index (χ0n) is 41.2. The van der Waals surface area contributed by atoms with Gasteiger partial charge in [-0.15, -0.1) is 0 Å². The SMILES string of the molecule is CC[C@@H]1/C=C(\C)[C@@H](O)[C@H](C)C[C@H](OC)[C@H]2O[C@@](O)(C(=O)C(=O)N3CCCC[C@H]3C(=O)O[C@H](/C(C)=C/[C@@H]3CC[C@@H](Oc4ccc5c(ccn5C)c4)[C@H](OC)C3)[C@H](C)[C@@H](O)CC1=O)[C@H](C)C[C@@H]2OC. The number of Topliss-reactive ketones (excluding diaryl/α,β-unsaturated/α-hetero) is 2. The molecule has 67 heavy (non-hydrogen) atoms. The molecule has 4 aliphatic rings. The lowest BCUT2D eigenvalue weighted by Gasteiger charge is -2.47. The summed E-state index contributed by atoms with van der Waals surface area (Å²) in [5.41, 5.74) is 2.33. The highest BCUT2D eigenvalue weighted by molar-refractivity contribution is 6.39. The topological polar surface area (TPSA) is 193 Å². The lowest BCUT2D eigenvalue weighted by molar-refractivity contribution is -0.302. The number of piperidine rings is 1. The molecule has 1 aromatic heterocycles. The van der Waals surface area contributed by atoms with Gasteiger partial charge in [-0.3, -0.25) is 14.4 Å². The van der Waals surface area contributed by atoms with Crippen LogP contribution in [0.25, 0.3) is 10.9 Å². The predicted octanol–water partition coefficient (Wildman–Crippen LogP) is 6.02. The number of fused-ring (bicyclic) bond motifs is 4. The van der Waals surface area contributed by atoms with Gasteiger partial charge in [-0.2, -0.15) is 0 Å². The molecule has 15 atom stereocenters. The Bertz CT molecular complexity index is 2120. The van der Waals surface area contributed by atoms with Crippen LogP contribution in [0.3, 0.4) is 0 Å². The summed E-state index contributed by atoms with van der Waals surface area (Å²) in [6.45, 7) is 10.7. The molecule has 3 fully saturated rings. The number of methoxy groups -OCH3 is 3. The zero-order valence-corrected chi connectivity index (χ0v) is 41.2. The molecule has 3 aliphatic heterocycles. The number of aliphatic hydroxyl groups is 3. The lowest BCUT2D eigenvalue weighted by atomic mass is 9.81. The standard InChI is InChI=1S/C52H76N2O13/c1-11-35-23-29(2)46(57)30(3)24-44(63-9)48-45(64-10)25-32(5)52(61,67-48)49(58)50(59)54-20-13-12-14-39(54)51(60)66-47(33(6)40(55)28-41(35)56)31(4)22-34-15-18-42(43(26-34)62-8)65-37-16-17-38-36(27-37)19-21-53(38)7/h16-17,19,21-23,27,30,32-35,39-40,42-48,55,57,61H,11-15,18,20,24-26,28H2,1-10H3/b29-23+,31-22+/t30-,32-,33-,34+,35-,39+,40+,42-,43-,44+,45+,46-,47-,48-,52-/m1/s1. The maximum absolute atomic E-state index is 14.6. The molecule has 1 aliphatic carbocycles. The molecule has 1 aromatic carbocycles. The summed E-state index contributed by atoms with van der Waals surface area (Å²) in [5, 5.41) is 36.7. The fourth-order valence-electron chi connectivity index (χ4n) is 10.9. The van der Waals surface area contributed by atoms with E-state index in [2.05, 4.69) is 10.6 Å². The van der Waals surface area contributed by atoms with Crippen molar-refractivity contribution >= 4 is 34.3 Å². The quantitative estimate of drug-likeness (QED) is 0.158. The summed E-state index contributed by atoms with van der Waals surface area (Å²) in [7, 11) is 6.63. The van der Waals surface area contributed by atoms with E-state index in [1.807, 2.05) is 58.3 Å². The number of amides is 1. The fraction of sp³-hybridized carbons (Fsp3) is 0.692. The van der Waals surface area contributed by atoms with E-state index < -0.39 is 89.8 Å². The Kier molecular flexibility index (Phi) is 17.7. The van der Waals surface area contributed by atoms with Crippen LogP contribution in [0.2, 0.25) is 0 Å². The summed E-state index contributed by atoms with van der Waals surface area (Å²) in [6, 6.07) is 6.92. The number of nitrogens with zero attached hydrogens (tertiary/aromatic N) is 2. The van der Waals surface area contributed by atoms with Gasteiger partial charge in [-0.05, 0) is 119 Å². The van der Waals surface area contributed by atoms with Crippen molar-refractivity contribution in [2.45, 2.75) is 166 Å². The van der Waals surface area contributed by atoms with Crippen LogP contribution in [-0.4, -0.2) is 137 Å². The molecule has 0 unspecified atom stereocenters. The molecule has 6 rings (SSSR count). The molecule has 2 aromatic rings. The average Bonchev–Trinajstić information content (AvgIpc) is 3.70. The first-order valence-corrected chi connectivity index (χ1v) is 24.4. The Labute approximate surface area is 396 Å². The highest BCUT2D eigenvalue weighted by atomic mass is 16.7. The van der Waals surface area contributed by atoms with Gasteiger partial charge in [-0.1, -0.05) is 39.8 Å². The number of rotatable bonds is 8. The minimum atomic E-state index is -2.58. The van der Waals surface area contributed by atoms with Crippen LogP contribution < -0.4 is 4.74 Å². The van der Waals surface area contributed by atoms with Gasteiger partial charge in [-0.25, -0.2) is 4.79 Å². The number of ketones is 2. The first-order chi connectivity index (χ1) is 31.8. The third-order valence-corrected chi connectivity index (χ3v) is 15.3. The van der Waals surface area contributed by atoms with Gasteiger partial charge in [0.1, 0.15) is 35.9 Å². The van der Waals surface area contributed by atoms with Crippen molar-refractivity contribution in [1.29, 1.82) is 0 Å². The molecule has 2 bridgehead atoms. The number of hydrogen-bond donors (Lipinski definition) is 3. The number of esters is 1. The Morgan fingerprint density at radius 2 is 1.61 bits per heavy atom. The van der Waals surface area contributed by atoms with E-state index in [9.17, 15) is 34.5 Å². The van der Waals surface area contributed by atoms with Crippen molar-refractivity contribution in [2.75, 3.05) is 27.9 Å². The number of benzene rings is 1. The van der Waals surface area contributed by atoms with E-state index in [1.54, 1.807) is 34.0 Å². The monoisotopic (exact) mass is 937 g/mol. The van der Waals surface area contributed by atoms with Crippen molar-refractivity contribution < 1.29 is 62.9 Å². The maximum atomic E-state index is 14.6. The molecule has 0 radical (unpaired) electrons. The van der Waals surface area contributed by atoms with E-state index in [1.165, 1.54) is 19.1 Å². The van der Waals surface area contributed by atoms with E-state index in [0.717, 1.165) is 23.1 Å². The third-order valence-electron chi connectivity index (χ3n) is 15.3. The first-order valence-electron chi connectivity index (χ1n) is 24.4. The molecule has 2 saturated heterocycles. The molecule has 4 heterocycles. The van der Waals surface area contributed by atoms with Crippen LogP contribution in [0.15, 0.2) is 53.8 Å². The summed E-state index contributed by atoms with van der Waals surface area (Å²) >= 11 is 0. The van der Waals surface area contributed by atoms with E-state index >= 15 is 0 Å². The van der Waals surface area contributed by atoms with Crippen molar-refractivity contribution in [2.24, 2.45) is 36.6 Å². The second kappa shape index (κ2) is 22.6. The van der Waals surface area contributed by atoms with Crippen molar-refractivity contribution in [3.8, 4) is 5.75 Å². The van der Waals surface area contributed by atoms with Crippen LogP contribution in [0.5, 0.6) is 5.75 Å². The number of aliphatic hydroxyl groups excluding tert-OH is 2. The number of aromatic nitrogens is 1. The van der Waals surface area contributed by atoms with Crippen LogP contribution in [0.1, 0.15) is 106 Å². The molecular weight excluding hydrogens is 861 g/mol. The van der Waals surface area contributed by atoms with Crippen molar-refractivity contribution in [3.05, 3.63) is 53.8 Å². The van der Waals surface area contributed by atoms with Gasteiger partial charge < -0.3 is 53.2 Å². The van der Waals surface area contributed by atoms with Crippen LogP contribution in [0, 0.1) is 29.6 Å². The molecule has 1 amide bonds. The second-order valence-electron chi connectivity index (χ2n) is 19.9. The zero-order chi connectivity index (χ0) is 48.9. The third kappa shape index (κ3) is 11.6. The number of cyclic esters (lactones) is 1. The number of carbonyl (C=O) groups is 4. The van der Waals surface area contributed by atoms with Gasteiger partial charge >= 0.3 is 5.97 Å². The number of carbonyl (C=O) groups excluding carboxylic acids is 4. The predicted molar refractivity (Wildman–Crippen MR) is 251 cm³/mol. The van der Waals surface area contributed by atoms with Crippen LogP contribution in [0.4, 0.5) is 0 Å². The van der Waals surface area contributed by atoms with Crippen LogP contribution in [-0.2, 0) is 49.9 Å². The number of hydrogen-bond acceptors (Lipinski definition) is 13. The number of ether oxygens (including phenoxy) is 6. The van der Waals surface area contributed by atoms with Crippen molar-refractivity contribution in [3.63, 3.8) is 0 Å². The first kappa shape index (κ1) is 52.4. The Balaban J connectivity index is 1.31. The maximum Gasteiger partial charge on any atom is 0.329 e. The molecule has 0 spiro atoms. The van der Waals surface area contributed by atoms with Crippen molar-refractivity contribution in [1.82, 2.24) is 9.47 Å². The molecule has 15 nitrogen and oxygen atoms in total. The minimum Gasteiger partial charge on any atom is -0.488 e. The minimum absolute atomic E-state index is 0.00883. The normalized spacial score (nSPS) is 37.8. The Morgan fingerprint density at radius 1 is 0.910 bits per heavy atom. The molecular formula is C52H76N2O13. The van der Waals surface area contributed by atoms with Crippen LogP contribution >= 0.6 is 0 Å². The van der Waals surface area contributed by atoms with Gasteiger partial charge in [0.2, 0.25) is 5.79 Å². The number of aryl methyl sites for hydroxylation is 1. The molecule has 372 valence electrons. The van der Waals surface area contributed by atoms with E-state index in [0.29, 0.717) is 43.3 Å². The van der Waals surface area contributed by atoms with Gasteiger partial charge in [0.15, 0.2) is 0 Å². The van der Waals surface area contributed by atoms with Gasteiger partial charge in [0.05, 0.1) is 30.5 Å². The molecule has 1 saturated carbocycles. The largest absolute Gasteiger partial charge is 0.488 e. The Hall–Kier alpha value is -3.96. The highest BCUT2D eigenvalue weighted by Gasteiger charge is 2.57. The van der Waals surface area contributed by atoms with Gasteiger partial charge in [0.25, 0.3) is 11.7 Å². The lowest BCUT2D eigenvalue weighted by Crippen LogP contribution is -2.64.